The summed E-state index contributed by atoms with van der Waals surface area (Å²) >= 11 is 4.35. The van der Waals surface area contributed by atoms with Crippen LogP contribution < -0.4 is 4.31 Å². The van der Waals surface area contributed by atoms with Gasteiger partial charge in [0.2, 0.25) is 0 Å². The highest BCUT2D eigenvalue weighted by Gasteiger charge is 2.14. The predicted molar refractivity (Wildman–Crippen MR) is 126 cm³/mol. The molecule has 0 aliphatic heterocycles. The van der Waals surface area contributed by atoms with Crippen LogP contribution in [0.5, 0.6) is 0 Å². The Labute approximate surface area is 186 Å². The highest BCUT2D eigenvalue weighted by molar-refractivity contribution is 7.81. The van der Waals surface area contributed by atoms with Crippen molar-refractivity contribution in [2.24, 2.45) is 0 Å². The summed E-state index contributed by atoms with van der Waals surface area (Å²) in [7, 11) is 1.88. The third-order valence-electron chi connectivity index (χ3n) is 5.31. The van der Waals surface area contributed by atoms with Crippen molar-refractivity contribution in [3.63, 3.8) is 0 Å². The molecule has 0 amide bonds. The molecule has 2 aromatic heterocycles. The first-order chi connectivity index (χ1) is 14.9. The van der Waals surface area contributed by atoms with Gasteiger partial charge in [-0.1, -0.05) is 24.9 Å². The van der Waals surface area contributed by atoms with E-state index < -0.39 is 5.97 Å². The van der Waals surface area contributed by atoms with Gasteiger partial charge in [-0.3, -0.25) is 4.79 Å². The molecule has 0 saturated heterocycles. The van der Waals surface area contributed by atoms with Gasteiger partial charge in [-0.05, 0) is 67.4 Å². The van der Waals surface area contributed by atoms with E-state index in [0.29, 0.717) is 6.42 Å². The van der Waals surface area contributed by atoms with Gasteiger partial charge in [-0.2, -0.15) is 0 Å². The second-order valence-electron chi connectivity index (χ2n) is 7.37. The van der Waals surface area contributed by atoms with E-state index in [1.807, 2.05) is 61.1 Å². The molecule has 31 heavy (non-hydrogen) atoms. The minimum absolute atomic E-state index is 0.0831. The Kier molecular flexibility index (Phi) is 5.86. The number of carboxylic acid groups (broad SMARTS) is 1. The van der Waals surface area contributed by atoms with E-state index in [9.17, 15) is 9.90 Å². The molecule has 158 valence electrons. The van der Waals surface area contributed by atoms with Crippen LogP contribution in [0.4, 0.5) is 5.69 Å². The first kappa shape index (κ1) is 20.8. The van der Waals surface area contributed by atoms with Crippen molar-refractivity contribution in [3.8, 4) is 22.6 Å². The summed E-state index contributed by atoms with van der Waals surface area (Å²) in [4.78, 5) is 15.5. The first-order valence-corrected chi connectivity index (χ1v) is 10.4. The zero-order chi connectivity index (χ0) is 22.0. The van der Waals surface area contributed by atoms with Crippen LogP contribution in [-0.4, -0.2) is 32.2 Å². The molecule has 2 heterocycles. The number of thiol groups is 1. The van der Waals surface area contributed by atoms with E-state index in [2.05, 4.69) is 46.6 Å². The molecule has 7 heteroatoms. The lowest BCUT2D eigenvalue weighted by molar-refractivity contribution is -0.136. The van der Waals surface area contributed by atoms with Gasteiger partial charge in [-0.15, -0.1) is 0 Å². The van der Waals surface area contributed by atoms with Crippen molar-refractivity contribution < 1.29 is 9.90 Å². The Bertz CT molecular complexity index is 1190. The van der Waals surface area contributed by atoms with Gasteiger partial charge in [0.15, 0.2) is 0 Å². The van der Waals surface area contributed by atoms with Gasteiger partial charge in [0.25, 0.3) is 0 Å². The minimum Gasteiger partial charge on any atom is -0.481 e. The molecule has 0 radical (unpaired) electrons. The summed E-state index contributed by atoms with van der Waals surface area (Å²) in [6, 6.07) is 20.4. The maximum Gasteiger partial charge on any atom is 0.303 e. The molecular formula is C24H24N4O2S. The molecular weight excluding hydrogens is 408 g/mol. The maximum absolute atomic E-state index is 11.2. The van der Waals surface area contributed by atoms with Crippen LogP contribution in [0.25, 0.3) is 22.6 Å². The molecule has 0 fully saturated rings. The summed E-state index contributed by atoms with van der Waals surface area (Å²) in [5.41, 5.74) is 6.03. The maximum atomic E-state index is 11.2. The van der Waals surface area contributed by atoms with Gasteiger partial charge in [0.05, 0.1) is 12.1 Å². The standard InChI is InChI=1S/C24H24N4O2S/c1-17-25-15-16-27(17)20-5-3-18(4-6-20)23-13-11-22(12-14-24(29)30)28(23)21-9-7-19(8-10-21)26(2)31/h3-11,13,15-16,31H,12,14H2,1-2H3,(H,29,30). The zero-order valence-corrected chi connectivity index (χ0v) is 18.3. The number of aromatic nitrogens is 3. The number of hydrogen-bond donors (Lipinski definition) is 2. The second kappa shape index (κ2) is 8.73. The zero-order valence-electron chi connectivity index (χ0n) is 17.4. The summed E-state index contributed by atoms with van der Waals surface area (Å²) in [5.74, 6) is 0.128. The summed E-state index contributed by atoms with van der Waals surface area (Å²) < 4.78 is 5.92. The van der Waals surface area contributed by atoms with Gasteiger partial charge in [-0.25, -0.2) is 4.98 Å². The molecule has 0 saturated carbocycles. The Morgan fingerprint density at radius 1 is 1.03 bits per heavy atom. The van der Waals surface area contributed by atoms with Gasteiger partial charge in [0.1, 0.15) is 5.82 Å². The van der Waals surface area contributed by atoms with Crippen molar-refractivity contribution in [1.29, 1.82) is 0 Å². The minimum atomic E-state index is -0.804. The summed E-state index contributed by atoms with van der Waals surface area (Å²) in [6.45, 7) is 1.97. The number of rotatable bonds is 7. The molecule has 4 aromatic rings. The van der Waals surface area contributed by atoms with Gasteiger partial charge >= 0.3 is 5.97 Å². The Balaban J connectivity index is 1.75. The number of aliphatic carboxylic acids is 1. The third kappa shape index (κ3) is 4.36. The fourth-order valence-corrected chi connectivity index (χ4v) is 3.83. The number of nitrogens with zero attached hydrogens (tertiary/aromatic N) is 4. The smallest absolute Gasteiger partial charge is 0.303 e. The molecule has 0 unspecified atom stereocenters. The average Bonchev–Trinajstić information content (AvgIpc) is 3.38. The SMILES string of the molecule is Cc1nccn1-c1ccc(-c2ccc(CCC(=O)O)n2-c2ccc(N(C)S)cc2)cc1. The van der Waals surface area contributed by atoms with Crippen molar-refractivity contribution in [3.05, 3.63) is 84.6 Å². The number of carboxylic acids is 1. The topological polar surface area (TPSA) is 63.3 Å². The summed E-state index contributed by atoms with van der Waals surface area (Å²) in [6.07, 6.45) is 4.27. The molecule has 0 bridgehead atoms. The van der Waals surface area contributed by atoms with Gasteiger partial charge in [0, 0.05) is 42.2 Å². The normalized spacial score (nSPS) is 10.9. The van der Waals surface area contributed by atoms with E-state index in [1.165, 1.54) is 0 Å². The molecule has 2 aromatic carbocycles. The van der Waals surface area contributed by atoms with Crippen LogP contribution in [0.15, 0.2) is 73.1 Å². The lowest BCUT2D eigenvalue weighted by Gasteiger charge is -2.16. The van der Waals surface area contributed by atoms with Crippen molar-refractivity contribution in [2.75, 3.05) is 11.4 Å². The Morgan fingerprint density at radius 2 is 1.71 bits per heavy atom. The fourth-order valence-electron chi connectivity index (χ4n) is 3.70. The van der Waals surface area contributed by atoms with Crippen LogP contribution in [0.3, 0.4) is 0 Å². The number of anilines is 1. The van der Waals surface area contributed by atoms with E-state index in [1.54, 1.807) is 10.5 Å². The monoisotopic (exact) mass is 432 g/mol. The molecule has 0 spiro atoms. The van der Waals surface area contributed by atoms with Crippen LogP contribution in [0.2, 0.25) is 0 Å². The van der Waals surface area contributed by atoms with E-state index >= 15 is 0 Å². The molecule has 4 rings (SSSR count). The number of benzene rings is 2. The largest absolute Gasteiger partial charge is 0.481 e. The molecule has 6 nitrogen and oxygen atoms in total. The lowest BCUT2D eigenvalue weighted by Crippen LogP contribution is -2.06. The highest BCUT2D eigenvalue weighted by atomic mass is 32.1. The molecule has 0 aliphatic rings. The van der Waals surface area contributed by atoms with E-state index in [4.69, 9.17) is 0 Å². The van der Waals surface area contributed by atoms with Crippen LogP contribution in [-0.2, 0) is 11.2 Å². The molecule has 0 aliphatic carbocycles. The van der Waals surface area contributed by atoms with E-state index in [0.717, 1.165) is 39.8 Å². The first-order valence-electron chi connectivity index (χ1n) is 10.0. The quantitative estimate of drug-likeness (QED) is 0.406. The third-order valence-corrected chi connectivity index (χ3v) is 5.54. The van der Waals surface area contributed by atoms with Crippen molar-refractivity contribution in [2.45, 2.75) is 19.8 Å². The number of hydrogen-bond acceptors (Lipinski definition) is 4. The number of imidazole rings is 1. The average molecular weight is 433 g/mol. The van der Waals surface area contributed by atoms with Crippen molar-refractivity contribution >= 4 is 24.5 Å². The predicted octanol–water partition coefficient (Wildman–Crippen LogP) is 4.94. The second-order valence-corrected chi connectivity index (χ2v) is 7.97. The Morgan fingerprint density at radius 3 is 2.29 bits per heavy atom. The van der Waals surface area contributed by atoms with Crippen LogP contribution >= 0.6 is 12.8 Å². The molecule has 1 N–H and O–H groups in total. The molecule has 0 atom stereocenters. The van der Waals surface area contributed by atoms with Crippen molar-refractivity contribution in [1.82, 2.24) is 14.1 Å². The lowest BCUT2D eigenvalue weighted by atomic mass is 10.1. The Hall–Kier alpha value is -3.45. The van der Waals surface area contributed by atoms with Crippen LogP contribution in [0, 0.1) is 6.92 Å². The number of aryl methyl sites for hydroxylation is 2. The fraction of sp³-hybridized carbons (Fsp3) is 0.167. The van der Waals surface area contributed by atoms with Gasteiger partial charge < -0.3 is 18.5 Å². The van der Waals surface area contributed by atoms with Crippen LogP contribution in [0.1, 0.15) is 17.9 Å². The highest BCUT2D eigenvalue weighted by Crippen LogP contribution is 2.29. The summed E-state index contributed by atoms with van der Waals surface area (Å²) in [5, 5.41) is 9.17. The number of carbonyl (C=O) groups is 1. The van der Waals surface area contributed by atoms with E-state index in [-0.39, 0.29) is 6.42 Å².